The van der Waals surface area contributed by atoms with Gasteiger partial charge in [0.15, 0.2) is 0 Å². The molecule has 2 aromatic heterocycles. The van der Waals surface area contributed by atoms with E-state index in [1.54, 1.807) is 12.3 Å². The molecule has 1 aromatic carbocycles. The number of anilines is 1. The van der Waals surface area contributed by atoms with Crippen LogP contribution in [0.15, 0.2) is 29.2 Å². The normalized spacial score (nSPS) is 17.5. The Hall–Kier alpha value is -2.74. The van der Waals surface area contributed by atoms with Crippen molar-refractivity contribution in [3.05, 3.63) is 68.1 Å². The van der Waals surface area contributed by atoms with Crippen LogP contribution in [0.3, 0.4) is 0 Å². The maximum Gasteiger partial charge on any atom is 0.285 e. The van der Waals surface area contributed by atoms with E-state index in [0.29, 0.717) is 18.7 Å². The average molecular weight is 403 g/mol. The minimum atomic E-state index is -0.416. The minimum absolute atomic E-state index is 0.0691. The second-order valence-electron chi connectivity index (χ2n) is 7.18. The van der Waals surface area contributed by atoms with Crippen LogP contribution in [-0.2, 0) is 13.0 Å². The van der Waals surface area contributed by atoms with Crippen molar-refractivity contribution < 1.29 is 4.39 Å². The molecule has 1 aliphatic heterocycles. The number of hydrogen-bond acceptors (Lipinski definition) is 5. The van der Waals surface area contributed by atoms with Crippen LogP contribution < -0.4 is 10.5 Å². The Morgan fingerprint density at radius 3 is 2.93 bits per heavy atom. The van der Waals surface area contributed by atoms with E-state index in [1.807, 2.05) is 23.4 Å². The van der Waals surface area contributed by atoms with Crippen molar-refractivity contribution in [1.82, 2.24) is 25.2 Å². The Morgan fingerprint density at radius 1 is 1.39 bits per heavy atom. The maximum absolute atomic E-state index is 13.5. The van der Waals surface area contributed by atoms with Crippen LogP contribution in [0.2, 0.25) is 5.02 Å². The third kappa shape index (κ3) is 3.07. The lowest BCUT2D eigenvalue weighted by Crippen LogP contribution is -2.40. The first-order chi connectivity index (χ1) is 13.4. The second-order valence-corrected chi connectivity index (χ2v) is 7.56. The summed E-state index contributed by atoms with van der Waals surface area (Å²) in [4.78, 5) is 13.8. The van der Waals surface area contributed by atoms with Crippen LogP contribution in [-0.4, -0.2) is 31.2 Å². The van der Waals surface area contributed by atoms with E-state index in [9.17, 15) is 9.18 Å². The van der Waals surface area contributed by atoms with Crippen LogP contribution in [0.4, 0.5) is 10.1 Å². The summed E-state index contributed by atoms with van der Waals surface area (Å²) in [5.74, 6) is -0.248. The van der Waals surface area contributed by atoms with Gasteiger partial charge in [0, 0.05) is 12.5 Å². The highest BCUT2D eigenvalue weighted by atomic mass is 35.5. The fourth-order valence-corrected chi connectivity index (χ4v) is 4.03. The molecule has 0 bridgehead atoms. The summed E-state index contributed by atoms with van der Waals surface area (Å²) in [5.41, 5.74) is 3.92. The number of nitrogens with zero attached hydrogens (tertiary/aromatic N) is 5. The minimum Gasteiger partial charge on any atom is -0.360 e. The van der Waals surface area contributed by atoms with Gasteiger partial charge in [-0.05, 0) is 44.0 Å². The van der Waals surface area contributed by atoms with Gasteiger partial charge in [0.25, 0.3) is 5.56 Å². The molecule has 1 aliphatic rings. The second kappa shape index (κ2) is 7.01. The molecule has 0 amide bonds. The van der Waals surface area contributed by atoms with E-state index in [0.717, 1.165) is 22.5 Å². The molecule has 1 N–H and O–H groups in total. The quantitative estimate of drug-likeness (QED) is 0.728. The number of fused-ring (bicyclic) bond motifs is 1. The van der Waals surface area contributed by atoms with Gasteiger partial charge in [-0.3, -0.25) is 4.79 Å². The molecule has 0 fully saturated rings. The molecule has 4 rings (SSSR count). The van der Waals surface area contributed by atoms with Gasteiger partial charge >= 0.3 is 0 Å². The van der Waals surface area contributed by atoms with Gasteiger partial charge < -0.3 is 4.90 Å². The lowest BCUT2D eigenvalue weighted by atomic mass is 9.99. The van der Waals surface area contributed by atoms with E-state index < -0.39 is 5.56 Å². The highest BCUT2D eigenvalue weighted by molar-refractivity contribution is 6.33. The number of H-pyrrole nitrogens is 1. The van der Waals surface area contributed by atoms with Crippen molar-refractivity contribution >= 4 is 17.3 Å². The lowest BCUT2D eigenvalue weighted by molar-refractivity contribution is 0.494. The number of rotatable bonds is 3. The Bertz CT molecular complexity index is 1090. The molecule has 7 nitrogen and oxygen atoms in total. The topological polar surface area (TPSA) is 79.7 Å². The fourth-order valence-electron chi connectivity index (χ4n) is 3.84. The maximum atomic E-state index is 13.5. The number of aromatic amines is 1. The van der Waals surface area contributed by atoms with Crippen molar-refractivity contribution in [2.24, 2.45) is 0 Å². The zero-order valence-electron chi connectivity index (χ0n) is 15.8. The number of nitrogens with one attached hydrogen (secondary N) is 1. The first kappa shape index (κ1) is 18.6. The van der Waals surface area contributed by atoms with E-state index >= 15 is 0 Å². The highest BCUT2D eigenvalue weighted by Crippen LogP contribution is 2.32. The molecule has 9 heteroatoms. The smallest absolute Gasteiger partial charge is 0.285 e. The van der Waals surface area contributed by atoms with Crippen molar-refractivity contribution in [3.63, 3.8) is 0 Å². The summed E-state index contributed by atoms with van der Waals surface area (Å²) in [6.07, 6.45) is 2.25. The third-order valence-electron chi connectivity index (χ3n) is 5.35. The SMILES string of the molecule is Cc1cc(F)ccc1[C@H](C)n1nnc2c1C[C@@H](C)N(c1cn[nH]c(=O)c1Cl)C2. The summed E-state index contributed by atoms with van der Waals surface area (Å²) in [6, 6.07) is 4.80. The predicted octanol–water partition coefficient (Wildman–Crippen LogP) is 3.02. The molecule has 0 spiro atoms. The first-order valence-corrected chi connectivity index (χ1v) is 9.43. The Balaban J connectivity index is 1.68. The van der Waals surface area contributed by atoms with Crippen molar-refractivity contribution in [2.45, 2.75) is 45.8 Å². The van der Waals surface area contributed by atoms with Crippen LogP contribution in [0.5, 0.6) is 0 Å². The van der Waals surface area contributed by atoms with Crippen molar-refractivity contribution in [2.75, 3.05) is 4.90 Å². The van der Waals surface area contributed by atoms with E-state index in [1.165, 1.54) is 12.1 Å². The molecule has 0 saturated carbocycles. The molecular formula is C19H20ClFN6O. The van der Waals surface area contributed by atoms with Crippen LogP contribution in [0.25, 0.3) is 0 Å². The standard InChI is InChI=1S/C19H20ClFN6O/c1-10-6-13(21)4-5-14(10)12(3)27-16-7-11(2)26(9-15(16)23-25-27)17-8-22-24-19(28)18(17)20/h4-6,8,11-12H,7,9H2,1-3H3,(H,24,28)/t11-,12+/m1/s1. The van der Waals surface area contributed by atoms with Crippen molar-refractivity contribution in [1.29, 1.82) is 0 Å². The zero-order chi connectivity index (χ0) is 20.0. The van der Waals surface area contributed by atoms with Gasteiger partial charge in [-0.25, -0.2) is 14.2 Å². The number of aromatic nitrogens is 5. The number of aryl methyl sites for hydroxylation is 1. The summed E-state index contributed by atoms with van der Waals surface area (Å²) in [6.45, 7) is 6.47. The van der Waals surface area contributed by atoms with E-state index in [-0.39, 0.29) is 22.9 Å². The molecule has 3 aromatic rings. The summed E-state index contributed by atoms with van der Waals surface area (Å²) >= 11 is 6.19. The monoisotopic (exact) mass is 402 g/mol. The molecule has 146 valence electrons. The lowest BCUT2D eigenvalue weighted by Gasteiger charge is -2.35. The van der Waals surface area contributed by atoms with Gasteiger partial charge in [-0.2, -0.15) is 5.10 Å². The van der Waals surface area contributed by atoms with E-state index in [4.69, 9.17) is 11.6 Å². The third-order valence-corrected chi connectivity index (χ3v) is 5.71. The van der Waals surface area contributed by atoms with Gasteiger partial charge in [0.2, 0.25) is 0 Å². The van der Waals surface area contributed by atoms with Crippen LogP contribution in [0.1, 0.15) is 42.4 Å². The Labute approximate surface area is 166 Å². The number of hydrogen-bond donors (Lipinski definition) is 1. The first-order valence-electron chi connectivity index (χ1n) is 9.05. The summed E-state index contributed by atoms with van der Waals surface area (Å²) in [7, 11) is 0. The van der Waals surface area contributed by atoms with E-state index in [2.05, 4.69) is 27.4 Å². The molecular weight excluding hydrogens is 383 g/mol. The Morgan fingerprint density at radius 2 is 2.18 bits per heavy atom. The average Bonchev–Trinajstić information content (AvgIpc) is 3.05. The summed E-state index contributed by atoms with van der Waals surface area (Å²) in [5, 5.41) is 15.1. The van der Waals surface area contributed by atoms with Gasteiger partial charge in [0.1, 0.15) is 16.5 Å². The predicted molar refractivity (Wildman–Crippen MR) is 104 cm³/mol. The highest BCUT2D eigenvalue weighted by Gasteiger charge is 2.31. The summed E-state index contributed by atoms with van der Waals surface area (Å²) < 4.78 is 15.4. The fraction of sp³-hybridized carbons (Fsp3) is 0.368. The number of halogens is 2. The largest absolute Gasteiger partial charge is 0.360 e. The zero-order valence-corrected chi connectivity index (χ0v) is 16.5. The van der Waals surface area contributed by atoms with Crippen molar-refractivity contribution in [3.8, 4) is 0 Å². The van der Waals surface area contributed by atoms with Crippen LogP contribution in [0, 0.1) is 12.7 Å². The van der Waals surface area contributed by atoms with Gasteiger partial charge in [-0.15, -0.1) is 5.10 Å². The van der Waals surface area contributed by atoms with Crippen LogP contribution >= 0.6 is 11.6 Å². The molecule has 28 heavy (non-hydrogen) atoms. The molecule has 0 aliphatic carbocycles. The Kier molecular flexibility index (Phi) is 4.66. The molecule has 2 atom stereocenters. The van der Waals surface area contributed by atoms with Gasteiger partial charge in [-0.1, -0.05) is 22.9 Å². The molecule has 0 saturated heterocycles. The molecule has 3 heterocycles. The molecule has 0 unspecified atom stereocenters. The van der Waals surface area contributed by atoms with Gasteiger partial charge in [0.05, 0.1) is 30.2 Å². The molecule has 0 radical (unpaired) electrons. The number of benzene rings is 1.